The average molecular weight is 419 g/mol. The molecule has 3 aromatic heterocycles. The van der Waals surface area contributed by atoms with Crippen molar-refractivity contribution < 1.29 is 14.1 Å². The molecule has 5 rings (SSSR count). The van der Waals surface area contributed by atoms with Gasteiger partial charge >= 0.3 is 0 Å². The summed E-state index contributed by atoms with van der Waals surface area (Å²) in [6.45, 7) is 1.29. The van der Waals surface area contributed by atoms with Crippen LogP contribution in [0.15, 0.2) is 47.2 Å². The normalized spacial score (nSPS) is 21.1. The van der Waals surface area contributed by atoms with Crippen molar-refractivity contribution in [3.8, 4) is 17.5 Å². The predicted molar refractivity (Wildman–Crippen MR) is 112 cm³/mol. The molecule has 1 saturated carbocycles. The van der Waals surface area contributed by atoms with E-state index in [0.29, 0.717) is 47.9 Å². The number of hydrogen-bond acceptors (Lipinski definition) is 7. The lowest BCUT2D eigenvalue weighted by Crippen LogP contribution is -2.49. The number of carbonyl (C=O) groups is 1. The van der Waals surface area contributed by atoms with E-state index >= 15 is 0 Å². The number of likely N-dealkylation sites (tertiary alicyclic amines) is 1. The number of ether oxygens (including phenoxy) is 1. The predicted octanol–water partition coefficient (Wildman–Crippen LogP) is 3.51. The average Bonchev–Trinajstić information content (AvgIpc) is 3.49. The van der Waals surface area contributed by atoms with Crippen molar-refractivity contribution in [2.24, 2.45) is 5.92 Å². The molecule has 2 aliphatic rings. The van der Waals surface area contributed by atoms with Crippen LogP contribution in [-0.2, 0) is 5.41 Å². The first-order valence-corrected chi connectivity index (χ1v) is 10.7. The summed E-state index contributed by atoms with van der Waals surface area (Å²) < 4.78 is 10.7. The van der Waals surface area contributed by atoms with Crippen LogP contribution in [0.1, 0.15) is 48.3 Å². The quantitative estimate of drug-likeness (QED) is 0.603. The lowest BCUT2D eigenvalue weighted by atomic mass is 9.74. The summed E-state index contributed by atoms with van der Waals surface area (Å²) in [5.74, 6) is 2.24. The number of aromatic nitrogens is 4. The van der Waals surface area contributed by atoms with E-state index in [4.69, 9.17) is 14.2 Å². The van der Waals surface area contributed by atoms with Gasteiger partial charge < -0.3 is 14.2 Å². The number of amides is 1. The van der Waals surface area contributed by atoms with Crippen LogP contribution >= 0.6 is 0 Å². The van der Waals surface area contributed by atoms with Gasteiger partial charge in [-0.1, -0.05) is 24.1 Å². The maximum atomic E-state index is 13.2. The standard InChI is InChI=1S/C23H25N5O3/c1-30-19-9-8-17(14-25-19)21(29)28-12-4-10-23(15-28,13-16-6-7-16)22-26-20(31-27-22)18-5-2-3-11-24-18/h2-3,5,8-9,11,14,16H,4,6-7,10,12-13,15H2,1H3. The van der Waals surface area contributed by atoms with E-state index in [2.05, 4.69) is 15.1 Å². The van der Waals surface area contributed by atoms with Gasteiger partial charge in [-0.3, -0.25) is 9.78 Å². The maximum Gasteiger partial charge on any atom is 0.276 e. The fourth-order valence-corrected chi connectivity index (χ4v) is 4.46. The highest BCUT2D eigenvalue weighted by atomic mass is 16.5. The molecule has 31 heavy (non-hydrogen) atoms. The monoisotopic (exact) mass is 419 g/mol. The van der Waals surface area contributed by atoms with Crippen LogP contribution in [0.2, 0.25) is 0 Å². The Kier molecular flexibility index (Phi) is 5.13. The van der Waals surface area contributed by atoms with E-state index < -0.39 is 0 Å². The molecule has 1 atom stereocenters. The van der Waals surface area contributed by atoms with Crippen molar-refractivity contribution in [1.29, 1.82) is 0 Å². The molecule has 8 nitrogen and oxygen atoms in total. The first-order valence-electron chi connectivity index (χ1n) is 10.7. The Hall–Kier alpha value is -3.29. The molecule has 3 aromatic rings. The topological polar surface area (TPSA) is 94.2 Å². The lowest BCUT2D eigenvalue weighted by molar-refractivity contribution is 0.0606. The van der Waals surface area contributed by atoms with Gasteiger partial charge in [0.2, 0.25) is 5.88 Å². The lowest BCUT2D eigenvalue weighted by Gasteiger charge is -2.41. The molecule has 1 amide bonds. The summed E-state index contributed by atoms with van der Waals surface area (Å²) in [5, 5.41) is 4.37. The van der Waals surface area contributed by atoms with Gasteiger partial charge in [-0.2, -0.15) is 4.98 Å². The second kappa shape index (κ2) is 8.09. The fraction of sp³-hybridized carbons (Fsp3) is 0.435. The molecule has 1 unspecified atom stereocenters. The van der Waals surface area contributed by atoms with E-state index in [1.165, 1.54) is 12.8 Å². The van der Waals surface area contributed by atoms with E-state index in [-0.39, 0.29) is 11.3 Å². The van der Waals surface area contributed by atoms with Gasteiger partial charge in [-0.15, -0.1) is 0 Å². The molecule has 1 saturated heterocycles. The highest BCUT2D eigenvalue weighted by Crippen LogP contribution is 2.46. The van der Waals surface area contributed by atoms with Crippen LogP contribution < -0.4 is 4.74 Å². The molecule has 4 heterocycles. The Balaban J connectivity index is 1.42. The van der Waals surface area contributed by atoms with E-state index in [1.807, 2.05) is 23.1 Å². The van der Waals surface area contributed by atoms with Gasteiger partial charge in [0.1, 0.15) is 5.69 Å². The summed E-state index contributed by atoms with van der Waals surface area (Å²) in [4.78, 5) is 28.4. The number of pyridine rings is 2. The second-order valence-corrected chi connectivity index (χ2v) is 8.49. The Morgan fingerprint density at radius 2 is 2.16 bits per heavy atom. The van der Waals surface area contributed by atoms with Gasteiger partial charge in [-0.25, -0.2) is 4.98 Å². The van der Waals surface area contributed by atoms with Crippen molar-refractivity contribution in [2.75, 3.05) is 20.2 Å². The fourth-order valence-electron chi connectivity index (χ4n) is 4.46. The number of nitrogens with zero attached hydrogens (tertiary/aromatic N) is 5. The molecule has 1 aliphatic carbocycles. The third kappa shape index (κ3) is 4.02. The molecule has 0 radical (unpaired) electrons. The third-order valence-corrected chi connectivity index (χ3v) is 6.22. The zero-order chi connectivity index (χ0) is 21.3. The number of piperidine rings is 1. The summed E-state index contributed by atoms with van der Waals surface area (Å²) in [6.07, 6.45) is 8.55. The van der Waals surface area contributed by atoms with Crippen LogP contribution in [0.5, 0.6) is 5.88 Å². The second-order valence-electron chi connectivity index (χ2n) is 8.49. The van der Waals surface area contributed by atoms with Crippen molar-refractivity contribution >= 4 is 5.91 Å². The Morgan fingerprint density at radius 1 is 1.26 bits per heavy atom. The Bertz CT molecular complexity index is 1050. The van der Waals surface area contributed by atoms with Crippen LogP contribution in [0, 0.1) is 5.92 Å². The molecular weight excluding hydrogens is 394 g/mol. The first-order chi connectivity index (χ1) is 15.2. The van der Waals surface area contributed by atoms with Crippen molar-refractivity contribution in [2.45, 2.75) is 37.5 Å². The van der Waals surface area contributed by atoms with Crippen LogP contribution in [-0.4, -0.2) is 51.1 Å². The van der Waals surface area contributed by atoms with Crippen molar-refractivity contribution in [3.05, 3.63) is 54.1 Å². The number of carbonyl (C=O) groups excluding carboxylic acids is 1. The molecule has 2 fully saturated rings. The van der Waals surface area contributed by atoms with Crippen LogP contribution in [0.25, 0.3) is 11.6 Å². The zero-order valence-corrected chi connectivity index (χ0v) is 17.5. The zero-order valence-electron chi connectivity index (χ0n) is 17.5. The largest absolute Gasteiger partial charge is 0.481 e. The number of hydrogen-bond donors (Lipinski definition) is 0. The highest BCUT2D eigenvalue weighted by molar-refractivity contribution is 5.94. The molecule has 0 spiro atoms. The minimum absolute atomic E-state index is 0.0246. The van der Waals surface area contributed by atoms with Gasteiger partial charge in [-0.05, 0) is 43.4 Å². The number of methoxy groups -OCH3 is 1. The molecule has 1 aliphatic heterocycles. The Morgan fingerprint density at radius 3 is 2.87 bits per heavy atom. The van der Waals surface area contributed by atoms with Crippen LogP contribution in [0.4, 0.5) is 0 Å². The van der Waals surface area contributed by atoms with E-state index in [1.54, 1.807) is 31.6 Å². The van der Waals surface area contributed by atoms with Gasteiger partial charge in [0.25, 0.3) is 11.8 Å². The Labute approximate surface area is 180 Å². The van der Waals surface area contributed by atoms with Gasteiger partial charge in [0.15, 0.2) is 5.82 Å². The third-order valence-electron chi connectivity index (χ3n) is 6.22. The van der Waals surface area contributed by atoms with E-state index in [0.717, 1.165) is 19.3 Å². The molecule has 0 N–H and O–H groups in total. The van der Waals surface area contributed by atoms with Gasteiger partial charge in [0.05, 0.1) is 18.1 Å². The number of rotatable bonds is 6. The summed E-state index contributed by atoms with van der Waals surface area (Å²) in [7, 11) is 1.56. The molecule has 0 bridgehead atoms. The molecular formula is C23H25N5O3. The van der Waals surface area contributed by atoms with Crippen LogP contribution in [0.3, 0.4) is 0 Å². The highest BCUT2D eigenvalue weighted by Gasteiger charge is 2.46. The summed E-state index contributed by atoms with van der Waals surface area (Å²) in [6, 6.07) is 9.09. The van der Waals surface area contributed by atoms with E-state index in [9.17, 15) is 4.79 Å². The molecule has 160 valence electrons. The SMILES string of the molecule is COc1ccc(C(=O)N2CCCC(CC3CC3)(c3noc(-c4ccccn4)n3)C2)cn1. The molecule has 8 heteroatoms. The smallest absolute Gasteiger partial charge is 0.276 e. The first kappa shape index (κ1) is 19.7. The maximum absolute atomic E-state index is 13.2. The molecule has 0 aromatic carbocycles. The van der Waals surface area contributed by atoms with Crippen molar-refractivity contribution in [3.63, 3.8) is 0 Å². The summed E-state index contributed by atoms with van der Waals surface area (Å²) in [5.41, 5.74) is 0.923. The van der Waals surface area contributed by atoms with Gasteiger partial charge in [0, 0.05) is 31.5 Å². The van der Waals surface area contributed by atoms with Crippen molar-refractivity contribution in [1.82, 2.24) is 25.0 Å². The minimum Gasteiger partial charge on any atom is -0.481 e. The summed E-state index contributed by atoms with van der Waals surface area (Å²) >= 11 is 0. The minimum atomic E-state index is -0.300.